The second-order valence-electron chi connectivity index (χ2n) is 4.20. The summed E-state index contributed by atoms with van der Waals surface area (Å²) in [6.45, 7) is 0. The molecule has 4 heteroatoms. The van der Waals surface area contributed by atoms with Gasteiger partial charge in [0.1, 0.15) is 0 Å². The Bertz CT molecular complexity index is 648. The lowest BCUT2D eigenvalue weighted by molar-refractivity contribution is 0.695. The molecule has 0 saturated heterocycles. The third-order valence-corrected chi connectivity index (χ3v) is 3.98. The zero-order valence-electron chi connectivity index (χ0n) is 9.78. The van der Waals surface area contributed by atoms with Crippen LogP contribution in [0.3, 0.4) is 0 Å². The Morgan fingerprint density at radius 1 is 1.22 bits per heavy atom. The molecule has 1 aromatic carbocycles. The number of aromatic nitrogens is 2. The predicted octanol–water partition coefficient (Wildman–Crippen LogP) is 2.93. The van der Waals surface area contributed by atoms with Crippen LogP contribution in [0.25, 0.3) is 10.1 Å². The molecule has 0 amide bonds. The van der Waals surface area contributed by atoms with Crippen LogP contribution < -0.4 is 5.73 Å². The molecule has 0 aliphatic heterocycles. The molecule has 1 atom stereocenters. The second-order valence-corrected chi connectivity index (χ2v) is 5.11. The number of hydrogen-bond donors (Lipinski definition) is 1. The summed E-state index contributed by atoms with van der Waals surface area (Å²) in [5.74, 6) is 0. The van der Waals surface area contributed by atoms with Gasteiger partial charge in [0.25, 0.3) is 0 Å². The van der Waals surface area contributed by atoms with E-state index in [-0.39, 0.29) is 6.04 Å². The normalized spacial score (nSPS) is 12.7. The third kappa shape index (κ3) is 2.12. The third-order valence-electron chi connectivity index (χ3n) is 2.96. The van der Waals surface area contributed by atoms with Crippen LogP contribution in [0.15, 0.2) is 48.2 Å². The Kier molecular flexibility index (Phi) is 3.04. The lowest BCUT2D eigenvalue weighted by atomic mass is 10.0. The van der Waals surface area contributed by atoms with E-state index in [1.54, 1.807) is 29.9 Å². The molecule has 0 aliphatic rings. The smallest absolute Gasteiger partial charge is 0.0757 e. The van der Waals surface area contributed by atoms with Gasteiger partial charge < -0.3 is 5.73 Å². The Hall–Kier alpha value is -1.78. The standard InChI is InChI=1S/C14H13N3S/c15-12(13-8-16-5-6-17-13)7-10-9-18-14-4-2-1-3-11(10)14/h1-6,8-9,12H,7,15H2. The zero-order chi connectivity index (χ0) is 12.4. The molecule has 0 fully saturated rings. The average molecular weight is 255 g/mol. The molecule has 18 heavy (non-hydrogen) atoms. The van der Waals surface area contributed by atoms with Gasteiger partial charge in [-0.1, -0.05) is 18.2 Å². The quantitative estimate of drug-likeness (QED) is 0.783. The van der Waals surface area contributed by atoms with Gasteiger partial charge in [0, 0.05) is 23.3 Å². The molecule has 2 N–H and O–H groups in total. The van der Waals surface area contributed by atoms with Crippen molar-refractivity contribution in [3.8, 4) is 0 Å². The first-order valence-electron chi connectivity index (χ1n) is 5.81. The largest absolute Gasteiger partial charge is 0.322 e. The molecule has 0 aliphatic carbocycles. The maximum Gasteiger partial charge on any atom is 0.0757 e. The van der Waals surface area contributed by atoms with Gasteiger partial charge >= 0.3 is 0 Å². The number of nitrogens with two attached hydrogens (primary N) is 1. The van der Waals surface area contributed by atoms with E-state index in [9.17, 15) is 0 Å². The fourth-order valence-corrected chi connectivity index (χ4v) is 3.01. The average Bonchev–Trinajstić information content (AvgIpc) is 2.83. The topological polar surface area (TPSA) is 51.8 Å². The minimum Gasteiger partial charge on any atom is -0.322 e. The molecule has 2 heterocycles. The molecule has 3 nitrogen and oxygen atoms in total. The van der Waals surface area contributed by atoms with Crippen molar-refractivity contribution in [2.45, 2.75) is 12.5 Å². The summed E-state index contributed by atoms with van der Waals surface area (Å²) in [7, 11) is 0. The summed E-state index contributed by atoms with van der Waals surface area (Å²) in [6, 6.07) is 8.30. The zero-order valence-corrected chi connectivity index (χ0v) is 10.6. The van der Waals surface area contributed by atoms with Crippen LogP contribution in [0.2, 0.25) is 0 Å². The second kappa shape index (κ2) is 4.84. The van der Waals surface area contributed by atoms with E-state index in [4.69, 9.17) is 5.73 Å². The van der Waals surface area contributed by atoms with Crippen LogP contribution in [-0.4, -0.2) is 9.97 Å². The highest BCUT2D eigenvalue weighted by molar-refractivity contribution is 7.17. The van der Waals surface area contributed by atoms with Crippen LogP contribution >= 0.6 is 11.3 Å². The monoisotopic (exact) mass is 255 g/mol. The van der Waals surface area contributed by atoms with E-state index in [1.165, 1.54) is 15.6 Å². The van der Waals surface area contributed by atoms with Gasteiger partial charge in [-0.2, -0.15) is 0 Å². The van der Waals surface area contributed by atoms with Gasteiger partial charge in [0.2, 0.25) is 0 Å². The van der Waals surface area contributed by atoms with Crippen molar-refractivity contribution in [2.75, 3.05) is 0 Å². The van der Waals surface area contributed by atoms with Crippen LogP contribution in [-0.2, 0) is 6.42 Å². The van der Waals surface area contributed by atoms with Gasteiger partial charge in [-0.15, -0.1) is 11.3 Å². The first-order valence-corrected chi connectivity index (χ1v) is 6.69. The molecule has 1 unspecified atom stereocenters. The minimum atomic E-state index is -0.100. The summed E-state index contributed by atoms with van der Waals surface area (Å²) >= 11 is 1.76. The number of rotatable bonds is 3. The maximum absolute atomic E-state index is 6.18. The maximum atomic E-state index is 6.18. The van der Waals surface area contributed by atoms with Crippen molar-refractivity contribution in [1.82, 2.24) is 9.97 Å². The van der Waals surface area contributed by atoms with E-state index in [1.807, 2.05) is 0 Å². The Labute approximate surface area is 109 Å². The van der Waals surface area contributed by atoms with Crippen molar-refractivity contribution in [3.05, 3.63) is 59.5 Å². The van der Waals surface area contributed by atoms with E-state index in [0.29, 0.717) is 0 Å². The van der Waals surface area contributed by atoms with Crippen LogP contribution in [0, 0.1) is 0 Å². The first-order chi connectivity index (χ1) is 8.84. The Morgan fingerprint density at radius 3 is 2.94 bits per heavy atom. The van der Waals surface area contributed by atoms with Crippen molar-refractivity contribution < 1.29 is 0 Å². The molecular weight excluding hydrogens is 242 g/mol. The molecule has 2 aromatic heterocycles. The van der Waals surface area contributed by atoms with Crippen LogP contribution in [0.5, 0.6) is 0 Å². The molecular formula is C14H13N3S. The number of nitrogens with zero attached hydrogens (tertiary/aromatic N) is 2. The van der Waals surface area contributed by atoms with Crippen molar-refractivity contribution in [1.29, 1.82) is 0 Å². The number of benzene rings is 1. The van der Waals surface area contributed by atoms with E-state index >= 15 is 0 Å². The SMILES string of the molecule is NC(Cc1csc2ccccc12)c1cnccn1. The highest BCUT2D eigenvalue weighted by atomic mass is 32.1. The van der Waals surface area contributed by atoms with Gasteiger partial charge in [-0.25, -0.2) is 0 Å². The van der Waals surface area contributed by atoms with E-state index in [2.05, 4.69) is 39.6 Å². The fourth-order valence-electron chi connectivity index (χ4n) is 2.03. The number of thiophene rings is 1. The Morgan fingerprint density at radius 2 is 2.11 bits per heavy atom. The van der Waals surface area contributed by atoms with E-state index in [0.717, 1.165) is 12.1 Å². The lowest BCUT2D eigenvalue weighted by Crippen LogP contribution is -2.14. The summed E-state index contributed by atoms with van der Waals surface area (Å²) in [6.07, 6.45) is 5.87. The first kappa shape index (κ1) is 11.3. The van der Waals surface area contributed by atoms with Crippen molar-refractivity contribution in [2.24, 2.45) is 5.73 Å². The molecule has 0 spiro atoms. The van der Waals surface area contributed by atoms with Crippen LogP contribution in [0.1, 0.15) is 17.3 Å². The molecule has 3 rings (SSSR count). The van der Waals surface area contributed by atoms with Crippen molar-refractivity contribution >= 4 is 21.4 Å². The van der Waals surface area contributed by atoms with Gasteiger partial charge in [0.05, 0.1) is 11.7 Å². The summed E-state index contributed by atoms with van der Waals surface area (Å²) in [5, 5.41) is 3.47. The van der Waals surface area contributed by atoms with Crippen molar-refractivity contribution in [3.63, 3.8) is 0 Å². The predicted molar refractivity (Wildman–Crippen MR) is 74.5 cm³/mol. The van der Waals surface area contributed by atoms with Gasteiger partial charge in [-0.05, 0) is 28.8 Å². The van der Waals surface area contributed by atoms with Gasteiger partial charge in [0.15, 0.2) is 0 Å². The molecule has 3 aromatic rings. The van der Waals surface area contributed by atoms with E-state index < -0.39 is 0 Å². The summed E-state index contributed by atoms with van der Waals surface area (Å²) in [4.78, 5) is 8.31. The fraction of sp³-hybridized carbons (Fsp3) is 0.143. The lowest BCUT2D eigenvalue weighted by Gasteiger charge is -2.09. The number of fused-ring (bicyclic) bond motifs is 1. The summed E-state index contributed by atoms with van der Waals surface area (Å²) < 4.78 is 1.30. The molecule has 0 radical (unpaired) electrons. The summed E-state index contributed by atoms with van der Waals surface area (Å²) in [5.41, 5.74) is 8.31. The van der Waals surface area contributed by atoms with Crippen LogP contribution in [0.4, 0.5) is 0 Å². The molecule has 90 valence electrons. The molecule has 0 saturated carbocycles. The number of hydrogen-bond acceptors (Lipinski definition) is 4. The highest BCUT2D eigenvalue weighted by Crippen LogP contribution is 2.28. The molecule has 0 bridgehead atoms. The highest BCUT2D eigenvalue weighted by Gasteiger charge is 2.11. The van der Waals surface area contributed by atoms with Gasteiger partial charge in [-0.3, -0.25) is 9.97 Å². The minimum absolute atomic E-state index is 0.100. The Balaban J connectivity index is 1.89.